The Hall–Kier alpha value is -7.25. The molecule has 4 heterocycles. The molecule has 0 radical (unpaired) electrons. The first kappa shape index (κ1) is 29.5. The van der Waals surface area contributed by atoms with Crippen molar-refractivity contribution in [1.29, 1.82) is 0 Å². The highest BCUT2D eigenvalue weighted by Gasteiger charge is 2.26. The van der Waals surface area contributed by atoms with Crippen molar-refractivity contribution in [3.8, 4) is 45.6 Å². The number of hydrogen-bond acceptors (Lipinski definition) is 6. The zero-order valence-electron chi connectivity index (χ0n) is 28.3. The number of hydrogen-bond donors (Lipinski definition) is 1. The molecule has 1 atom stereocenters. The van der Waals surface area contributed by atoms with Crippen LogP contribution in [0.4, 0.5) is 5.69 Å². The van der Waals surface area contributed by atoms with Crippen LogP contribution in [0.15, 0.2) is 168 Å². The van der Waals surface area contributed by atoms with E-state index in [2.05, 4.69) is 88.7 Å². The number of anilines is 1. The van der Waals surface area contributed by atoms with Gasteiger partial charge in [-0.2, -0.15) is 0 Å². The molecule has 0 saturated heterocycles. The summed E-state index contributed by atoms with van der Waals surface area (Å²) in [6, 6.07) is 55.8. The SMILES string of the molecule is c1ccc(-c2nc(-c3ccccc3)nc(-c3ccc4c(c3)NC(c3cccc(-n5c6ccccc6c6cc7c(cc65)oc5ccccc57)c3)O4)n2)cc1. The summed E-state index contributed by atoms with van der Waals surface area (Å²) in [6.07, 6.45) is -0.381. The molecule has 7 heteroatoms. The van der Waals surface area contributed by atoms with Crippen molar-refractivity contribution in [3.63, 3.8) is 0 Å². The zero-order valence-corrected chi connectivity index (χ0v) is 28.3. The van der Waals surface area contributed by atoms with Crippen LogP contribution in [-0.4, -0.2) is 19.5 Å². The molecule has 11 rings (SSSR count). The van der Waals surface area contributed by atoms with Gasteiger partial charge in [0.1, 0.15) is 16.9 Å². The number of benzene rings is 7. The summed E-state index contributed by atoms with van der Waals surface area (Å²) in [5, 5.41) is 8.25. The predicted octanol–water partition coefficient (Wildman–Crippen LogP) is 11.4. The van der Waals surface area contributed by atoms with Crippen LogP contribution in [0.25, 0.3) is 83.6 Å². The normalized spacial score (nSPS) is 13.8. The molecule has 0 bridgehead atoms. The molecule has 1 aliphatic rings. The molecule has 0 saturated carbocycles. The van der Waals surface area contributed by atoms with Crippen LogP contribution in [-0.2, 0) is 0 Å². The fourth-order valence-corrected chi connectivity index (χ4v) is 7.56. The average Bonchev–Trinajstić information content (AvgIpc) is 3.92. The Kier molecular flexibility index (Phi) is 6.48. The van der Waals surface area contributed by atoms with E-state index in [1.807, 2.05) is 84.9 Å². The van der Waals surface area contributed by atoms with Crippen LogP contribution >= 0.6 is 0 Å². The van der Waals surface area contributed by atoms with Crippen molar-refractivity contribution in [2.45, 2.75) is 6.23 Å². The molecule has 7 nitrogen and oxygen atoms in total. The van der Waals surface area contributed by atoms with Crippen LogP contribution in [0.2, 0.25) is 0 Å². The van der Waals surface area contributed by atoms with Crippen LogP contribution in [0.3, 0.4) is 0 Å². The minimum absolute atomic E-state index is 0.381. The Morgan fingerprint density at radius 2 is 1.15 bits per heavy atom. The first-order chi connectivity index (χ1) is 26.2. The van der Waals surface area contributed by atoms with Crippen molar-refractivity contribution < 1.29 is 9.15 Å². The molecule has 53 heavy (non-hydrogen) atoms. The summed E-state index contributed by atoms with van der Waals surface area (Å²) in [5.74, 6) is 2.62. The standard InChI is InChI=1S/C46H29N5O2/c1-3-12-28(13-4-1)43-48-44(29-14-5-2-6-15-29)50-45(49-43)30-22-23-41-37(25-30)47-46(53-41)31-16-11-17-32(24-31)51-38-20-9-7-18-33(38)35-26-36-34-19-8-10-21-40(34)52-42(36)27-39(35)51/h1-27,46-47H. The van der Waals surface area contributed by atoms with Crippen LogP contribution < -0.4 is 10.1 Å². The van der Waals surface area contributed by atoms with Gasteiger partial charge in [-0.3, -0.25) is 0 Å². The quantitative estimate of drug-likeness (QED) is 0.195. The molecule has 1 N–H and O–H groups in total. The fourth-order valence-electron chi connectivity index (χ4n) is 7.56. The lowest BCUT2D eigenvalue weighted by atomic mass is 10.1. The molecule has 1 aliphatic heterocycles. The van der Waals surface area contributed by atoms with E-state index in [-0.39, 0.29) is 6.23 Å². The van der Waals surface area contributed by atoms with Gasteiger partial charge in [-0.1, -0.05) is 109 Å². The van der Waals surface area contributed by atoms with Gasteiger partial charge in [-0.25, -0.2) is 15.0 Å². The largest absolute Gasteiger partial charge is 0.464 e. The van der Waals surface area contributed by atoms with E-state index in [0.717, 1.165) is 72.3 Å². The predicted molar refractivity (Wildman–Crippen MR) is 211 cm³/mol. The minimum atomic E-state index is -0.381. The Morgan fingerprint density at radius 3 is 1.92 bits per heavy atom. The highest BCUT2D eigenvalue weighted by atomic mass is 16.5. The van der Waals surface area contributed by atoms with Gasteiger partial charge in [-0.15, -0.1) is 0 Å². The Morgan fingerprint density at radius 1 is 0.472 bits per heavy atom. The topological polar surface area (TPSA) is 78.0 Å². The summed E-state index contributed by atoms with van der Waals surface area (Å²) in [4.78, 5) is 14.7. The molecule has 10 aromatic rings. The van der Waals surface area contributed by atoms with Crippen molar-refractivity contribution in [2.24, 2.45) is 0 Å². The van der Waals surface area contributed by atoms with E-state index in [1.54, 1.807) is 0 Å². The third-order valence-electron chi connectivity index (χ3n) is 10.1. The second kappa shape index (κ2) is 11.6. The van der Waals surface area contributed by atoms with E-state index in [0.29, 0.717) is 17.5 Å². The van der Waals surface area contributed by atoms with Gasteiger partial charge < -0.3 is 19.0 Å². The number of nitrogens with zero attached hydrogens (tertiary/aromatic N) is 4. The second-order valence-corrected chi connectivity index (χ2v) is 13.3. The van der Waals surface area contributed by atoms with Crippen LogP contribution in [0, 0.1) is 0 Å². The number of rotatable bonds is 5. The molecule has 250 valence electrons. The van der Waals surface area contributed by atoms with Gasteiger partial charge in [0.2, 0.25) is 0 Å². The molecule has 3 aromatic heterocycles. The number of para-hydroxylation sites is 2. The summed E-state index contributed by atoms with van der Waals surface area (Å²) >= 11 is 0. The van der Waals surface area contributed by atoms with E-state index in [4.69, 9.17) is 24.1 Å². The molecule has 1 unspecified atom stereocenters. The van der Waals surface area contributed by atoms with Gasteiger partial charge in [0.15, 0.2) is 23.7 Å². The lowest BCUT2D eigenvalue weighted by molar-refractivity contribution is 0.260. The summed E-state index contributed by atoms with van der Waals surface area (Å²) in [5.41, 5.74) is 9.64. The van der Waals surface area contributed by atoms with Crippen molar-refractivity contribution >= 4 is 49.4 Å². The van der Waals surface area contributed by atoms with E-state index < -0.39 is 0 Å². The third kappa shape index (κ3) is 4.86. The van der Waals surface area contributed by atoms with Gasteiger partial charge in [0, 0.05) is 55.6 Å². The van der Waals surface area contributed by atoms with E-state index >= 15 is 0 Å². The maximum absolute atomic E-state index is 6.52. The van der Waals surface area contributed by atoms with Gasteiger partial charge in [0.05, 0.1) is 16.7 Å². The summed E-state index contributed by atoms with van der Waals surface area (Å²) in [6.45, 7) is 0. The summed E-state index contributed by atoms with van der Waals surface area (Å²) < 4.78 is 15.2. The fraction of sp³-hybridized carbons (Fsp3) is 0.0217. The molecular weight excluding hydrogens is 655 g/mol. The zero-order chi connectivity index (χ0) is 34.9. The molecule has 7 aromatic carbocycles. The monoisotopic (exact) mass is 683 g/mol. The number of furan rings is 1. The van der Waals surface area contributed by atoms with Crippen LogP contribution in [0.1, 0.15) is 11.8 Å². The van der Waals surface area contributed by atoms with E-state index in [1.165, 1.54) is 10.8 Å². The number of nitrogens with one attached hydrogen (secondary N) is 1. The lowest BCUT2D eigenvalue weighted by Crippen LogP contribution is -2.10. The molecule has 0 fully saturated rings. The highest BCUT2D eigenvalue weighted by molar-refractivity contribution is 6.17. The third-order valence-corrected chi connectivity index (χ3v) is 10.1. The maximum Gasteiger partial charge on any atom is 0.196 e. The Bertz CT molecular complexity index is 2970. The van der Waals surface area contributed by atoms with Crippen molar-refractivity contribution in [3.05, 3.63) is 169 Å². The first-order valence-corrected chi connectivity index (χ1v) is 17.6. The molecular formula is C46H29N5O2. The van der Waals surface area contributed by atoms with Gasteiger partial charge in [-0.05, 0) is 48.5 Å². The number of fused-ring (bicyclic) bond motifs is 7. The van der Waals surface area contributed by atoms with Gasteiger partial charge in [0.25, 0.3) is 0 Å². The smallest absolute Gasteiger partial charge is 0.196 e. The number of ether oxygens (including phenoxy) is 1. The second-order valence-electron chi connectivity index (χ2n) is 13.3. The van der Waals surface area contributed by atoms with E-state index in [9.17, 15) is 0 Å². The Labute approximate surface area is 303 Å². The van der Waals surface area contributed by atoms with Crippen LogP contribution in [0.5, 0.6) is 5.75 Å². The Balaban J connectivity index is 0.966. The maximum atomic E-state index is 6.52. The summed E-state index contributed by atoms with van der Waals surface area (Å²) in [7, 11) is 0. The number of aromatic nitrogens is 4. The highest BCUT2D eigenvalue weighted by Crippen LogP contribution is 2.42. The average molecular weight is 684 g/mol. The first-order valence-electron chi connectivity index (χ1n) is 17.6. The lowest BCUT2D eigenvalue weighted by Gasteiger charge is -2.14. The van der Waals surface area contributed by atoms with Crippen molar-refractivity contribution in [2.75, 3.05) is 5.32 Å². The minimum Gasteiger partial charge on any atom is -0.464 e. The van der Waals surface area contributed by atoms with Gasteiger partial charge >= 0.3 is 0 Å². The van der Waals surface area contributed by atoms with Crippen molar-refractivity contribution in [1.82, 2.24) is 19.5 Å². The molecule has 0 spiro atoms. The molecule has 0 aliphatic carbocycles. The molecule has 0 amide bonds.